The van der Waals surface area contributed by atoms with Crippen molar-refractivity contribution < 1.29 is 8.42 Å². The number of nitrogens with two attached hydrogens (primary N) is 1. The first-order valence-electron chi connectivity index (χ1n) is 5.50. The van der Waals surface area contributed by atoms with Crippen LogP contribution in [-0.2, 0) is 9.84 Å². The summed E-state index contributed by atoms with van der Waals surface area (Å²) in [5, 5.41) is 0. The molecule has 0 aromatic heterocycles. The molecule has 1 saturated heterocycles. The first-order valence-corrected chi connectivity index (χ1v) is 7.32. The van der Waals surface area contributed by atoms with Crippen LogP contribution in [0.25, 0.3) is 0 Å². The minimum atomic E-state index is -2.99. The van der Waals surface area contributed by atoms with Crippen LogP contribution in [-0.4, -0.2) is 50.0 Å². The molecule has 1 aliphatic heterocycles. The summed E-state index contributed by atoms with van der Waals surface area (Å²) >= 11 is 0. The van der Waals surface area contributed by atoms with E-state index in [9.17, 15) is 8.42 Å². The van der Waals surface area contributed by atoms with E-state index in [-0.39, 0.29) is 11.5 Å². The summed E-state index contributed by atoms with van der Waals surface area (Å²) in [6.07, 6.45) is 2.39. The van der Waals surface area contributed by atoms with E-state index in [0.29, 0.717) is 6.54 Å². The largest absolute Gasteiger partial charge is 0.325 e. The molecule has 90 valence electrons. The molecule has 0 radical (unpaired) electrons. The van der Waals surface area contributed by atoms with Crippen molar-refractivity contribution in [3.8, 4) is 0 Å². The number of hydrogen-bond acceptors (Lipinski definition) is 4. The topological polar surface area (TPSA) is 63.4 Å². The zero-order valence-electron chi connectivity index (χ0n) is 9.70. The van der Waals surface area contributed by atoms with Gasteiger partial charge in [-0.05, 0) is 39.8 Å². The summed E-state index contributed by atoms with van der Waals surface area (Å²) in [4.78, 5) is 2.21. The molecule has 5 heteroatoms. The molecule has 0 atom stereocenters. The van der Waals surface area contributed by atoms with Crippen molar-refractivity contribution in [2.75, 3.05) is 31.1 Å². The van der Waals surface area contributed by atoms with Crippen LogP contribution in [0.2, 0.25) is 0 Å². The zero-order chi connectivity index (χ0) is 11.5. The molecular formula is C10H22N2O2S. The van der Waals surface area contributed by atoms with E-state index in [1.165, 1.54) is 12.8 Å². The molecule has 0 aliphatic carbocycles. The molecule has 0 unspecified atom stereocenters. The average molecular weight is 234 g/mol. The Morgan fingerprint density at radius 2 is 1.80 bits per heavy atom. The first-order chi connectivity index (χ1) is 6.79. The van der Waals surface area contributed by atoms with Gasteiger partial charge in [0.25, 0.3) is 0 Å². The number of nitrogens with zero attached hydrogens (tertiary/aromatic N) is 1. The van der Waals surface area contributed by atoms with Gasteiger partial charge < -0.3 is 10.6 Å². The molecule has 1 heterocycles. The Bertz CT molecular complexity index is 287. The maximum absolute atomic E-state index is 11.7. The summed E-state index contributed by atoms with van der Waals surface area (Å²) in [6.45, 7) is 6.25. The Kier molecular flexibility index (Phi) is 4.14. The van der Waals surface area contributed by atoms with Crippen molar-refractivity contribution in [3.05, 3.63) is 0 Å². The van der Waals surface area contributed by atoms with Gasteiger partial charge in [0.05, 0.1) is 11.5 Å². The average Bonchev–Trinajstić information content (AvgIpc) is 2.47. The predicted octanol–water partition coefficient (Wildman–Crippen LogP) is 0.234. The van der Waals surface area contributed by atoms with E-state index in [4.69, 9.17) is 5.73 Å². The molecule has 1 aliphatic rings. The lowest BCUT2D eigenvalue weighted by Crippen LogP contribution is -2.41. The monoisotopic (exact) mass is 234 g/mol. The van der Waals surface area contributed by atoms with Crippen LogP contribution in [0.5, 0.6) is 0 Å². The van der Waals surface area contributed by atoms with Gasteiger partial charge in [0.15, 0.2) is 9.84 Å². The fraction of sp³-hybridized carbons (Fsp3) is 1.00. The molecule has 0 saturated carbocycles. The van der Waals surface area contributed by atoms with Crippen LogP contribution >= 0.6 is 0 Å². The lowest BCUT2D eigenvalue weighted by atomic mass is 10.1. The van der Waals surface area contributed by atoms with Crippen molar-refractivity contribution in [1.82, 2.24) is 4.90 Å². The molecule has 0 aromatic carbocycles. The summed E-state index contributed by atoms with van der Waals surface area (Å²) in [7, 11) is -2.99. The lowest BCUT2D eigenvalue weighted by Gasteiger charge is -2.20. The van der Waals surface area contributed by atoms with E-state index >= 15 is 0 Å². The first kappa shape index (κ1) is 12.9. The quantitative estimate of drug-likeness (QED) is 0.740. The Labute approximate surface area is 92.7 Å². The van der Waals surface area contributed by atoms with Gasteiger partial charge in [-0.15, -0.1) is 0 Å². The third-order valence-electron chi connectivity index (χ3n) is 2.51. The van der Waals surface area contributed by atoms with Crippen LogP contribution in [0.3, 0.4) is 0 Å². The normalized spacial score (nSPS) is 19.7. The van der Waals surface area contributed by atoms with Gasteiger partial charge in [0, 0.05) is 12.1 Å². The van der Waals surface area contributed by atoms with Gasteiger partial charge in [0.1, 0.15) is 0 Å². The fourth-order valence-corrected chi connectivity index (χ4v) is 3.73. The van der Waals surface area contributed by atoms with Crippen molar-refractivity contribution >= 4 is 9.84 Å². The van der Waals surface area contributed by atoms with Crippen LogP contribution in [0.15, 0.2) is 0 Å². The van der Waals surface area contributed by atoms with Crippen LogP contribution < -0.4 is 5.73 Å². The van der Waals surface area contributed by atoms with Crippen LogP contribution in [0, 0.1) is 0 Å². The smallest absolute Gasteiger partial charge is 0.153 e. The molecule has 1 rings (SSSR count). The van der Waals surface area contributed by atoms with E-state index in [1.54, 1.807) is 13.8 Å². The molecule has 0 amide bonds. The van der Waals surface area contributed by atoms with Gasteiger partial charge in [-0.25, -0.2) is 8.42 Å². The predicted molar refractivity (Wildman–Crippen MR) is 62.6 cm³/mol. The molecule has 1 fully saturated rings. The Morgan fingerprint density at radius 3 is 2.27 bits per heavy atom. The Hall–Kier alpha value is -0.130. The molecule has 0 spiro atoms. The van der Waals surface area contributed by atoms with Crippen molar-refractivity contribution in [2.24, 2.45) is 5.73 Å². The second-order valence-electron chi connectivity index (χ2n) is 5.13. The highest BCUT2D eigenvalue weighted by Crippen LogP contribution is 2.09. The molecule has 4 nitrogen and oxygen atoms in total. The molecule has 0 bridgehead atoms. The second kappa shape index (κ2) is 4.80. The van der Waals surface area contributed by atoms with Gasteiger partial charge in [0.2, 0.25) is 0 Å². The Balaban J connectivity index is 2.36. The van der Waals surface area contributed by atoms with Gasteiger partial charge in [-0.2, -0.15) is 0 Å². The van der Waals surface area contributed by atoms with Crippen LogP contribution in [0.4, 0.5) is 0 Å². The fourth-order valence-electron chi connectivity index (χ4n) is 1.91. The standard InChI is InChI=1S/C10H22N2O2S/c1-10(2,11)9-15(13,14)8-7-12-5-3-4-6-12/h3-9,11H2,1-2H3. The maximum atomic E-state index is 11.7. The van der Waals surface area contributed by atoms with Crippen molar-refractivity contribution in [2.45, 2.75) is 32.2 Å². The number of rotatable bonds is 5. The van der Waals surface area contributed by atoms with Crippen LogP contribution in [0.1, 0.15) is 26.7 Å². The van der Waals surface area contributed by atoms with Crippen molar-refractivity contribution in [3.63, 3.8) is 0 Å². The summed E-state index contributed by atoms with van der Waals surface area (Å²) in [5.41, 5.74) is 5.09. The lowest BCUT2D eigenvalue weighted by molar-refractivity contribution is 0.358. The SMILES string of the molecule is CC(C)(N)CS(=O)(=O)CCN1CCCC1. The van der Waals surface area contributed by atoms with Crippen molar-refractivity contribution in [1.29, 1.82) is 0 Å². The molecule has 2 N–H and O–H groups in total. The Morgan fingerprint density at radius 1 is 1.27 bits per heavy atom. The van der Waals surface area contributed by atoms with E-state index < -0.39 is 15.4 Å². The molecular weight excluding hydrogens is 212 g/mol. The summed E-state index contributed by atoms with van der Waals surface area (Å²) in [6, 6.07) is 0. The third-order valence-corrected chi connectivity index (χ3v) is 4.50. The highest BCUT2D eigenvalue weighted by atomic mass is 32.2. The minimum Gasteiger partial charge on any atom is -0.325 e. The zero-order valence-corrected chi connectivity index (χ0v) is 10.5. The second-order valence-corrected chi connectivity index (χ2v) is 7.31. The van der Waals surface area contributed by atoms with Gasteiger partial charge in [-0.1, -0.05) is 0 Å². The number of likely N-dealkylation sites (tertiary alicyclic amines) is 1. The minimum absolute atomic E-state index is 0.0772. The maximum Gasteiger partial charge on any atom is 0.153 e. The summed E-state index contributed by atoms with van der Waals surface area (Å²) < 4.78 is 23.4. The molecule has 15 heavy (non-hydrogen) atoms. The highest BCUT2D eigenvalue weighted by molar-refractivity contribution is 7.91. The van der Waals surface area contributed by atoms with E-state index in [1.807, 2.05) is 0 Å². The van der Waals surface area contributed by atoms with Gasteiger partial charge >= 0.3 is 0 Å². The summed E-state index contributed by atoms with van der Waals surface area (Å²) in [5.74, 6) is 0.321. The number of hydrogen-bond donors (Lipinski definition) is 1. The third kappa shape index (κ3) is 5.49. The molecule has 0 aromatic rings. The number of sulfone groups is 1. The van der Waals surface area contributed by atoms with E-state index in [0.717, 1.165) is 13.1 Å². The van der Waals surface area contributed by atoms with Gasteiger partial charge in [-0.3, -0.25) is 0 Å². The van der Waals surface area contributed by atoms with E-state index in [2.05, 4.69) is 4.90 Å². The highest BCUT2D eigenvalue weighted by Gasteiger charge is 2.23.